The van der Waals surface area contributed by atoms with E-state index in [-0.39, 0.29) is 0 Å². The van der Waals surface area contributed by atoms with Crippen LogP contribution >= 0.6 is 22.9 Å². The summed E-state index contributed by atoms with van der Waals surface area (Å²) in [6.07, 6.45) is 8.46. The second-order valence-corrected chi connectivity index (χ2v) is 6.67. The Balaban J connectivity index is 1.52. The van der Waals surface area contributed by atoms with Gasteiger partial charge in [0.25, 0.3) is 0 Å². The maximum absolute atomic E-state index is 5.92. The zero-order chi connectivity index (χ0) is 12.6. The predicted octanol–water partition coefficient (Wildman–Crippen LogP) is 4.23. The molecule has 1 aromatic heterocycles. The Hall–Kier alpha value is -0.0900. The second-order valence-electron chi connectivity index (χ2n) is 4.87. The topological polar surface area (TPSA) is 21.3 Å². The molecular formula is C14H22ClNOS. The van der Waals surface area contributed by atoms with Crippen LogP contribution in [-0.2, 0) is 11.3 Å². The fourth-order valence-electron chi connectivity index (χ4n) is 2.36. The van der Waals surface area contributed by atoms with Crippen molar-refractivity contribution in [3.05, 3.63) is 21.3 Å². The summed E-state index contributed by atoms with van der Waals surface area (Å²) < 4.78 is 6.78. The molecule has 1 aromatic rings. The Morgan fingerprint density at radius 1 is 1.22 bits per heavy atom. The first-order valence-electron chi connectivity index (χ1n) is 6.91. The zero-order valence-corrected chi connectivity index (χ0v) is 12.4. The SMILES string of the molecule is Clc1ccc(CNCCOC2CCCCCC2)s1. The highest BCUT2D eigenvalue weighted by molar-refractivity contribution is 7.16. The van der Waals surface area contributed by atoms with E-state index in [1.807, 2.05) is 6.07 Å². The van der Waals surface area contributed by atoms with Crippen LogP contribution in [0, 0.1) is 0 Å². The lowest BCUT2D eigenvalue weighted by molar-refractivity contribution is 0.0451. The second kappa shape index (κ2) is 8.16. The van der Waals surface area contributed by atoms with Gasteiger partial charge in [0.1, 0.15) is 0 Å². The molecule has 1 aliphatic carbocycles. The van der Waals surface area contributed by atoms with Crippen molar-refractivity contribution in [1.29, 1.82) is 0 Å². The van der Waals surface area contributed by atoms with Crippen LogP contribution in [0.5, 0.6) is 0 Å². The van der Waals surface area contributed by atoms with Gasteiger partial charge in [-0.05, 0) is 25.0 Å². The standard InChI is InChI=1S/C14H22ClNOS/c15-14-8-7-13(18-14)11-16-9-10-17-12-5-3-1-2-4-6-12/h7-8,12,16H,1-6,9-11H2. The van der Waals surface area contributed by atoms with Gasteiger partial charge in [-0.25, -0.2) is 0 Å². The van der Waals surface area contributed by atoms with E-state index in [0.29, 0.717) is 6.10 Å². The van der Waals surface area contributed by atoms with Crippen molar-refractivity contribution in [3.8, 4) is 0 Å². The fourth-order valence-corrected chi connectivity index (χ4v) is 3.42. The minimum atomic E-state index is 0.505. The molecule has 0 bridgehead atoms. The average molecular weight is 288 g/mol. The molecule has 2 rings (SSSR count). The smallest absolute Gasteiger partial charge is 0.0931 e. The third-order valence-electron chi connectivity index (χ3n) is 3.36. The summed E-state index contributed by atoms with van der Waals surface area (Å²) in [4.78, 5) is 1.29. The summed E-state index contributed by atoms with van der Waals surface area (Å²) in [6.45, 7) is 2.64. The lowest BCUT2D eigenvalue weighted by Gasteiger charge is -2.15. The molecule has 1 heterocycles. The first-order chi connectivity index (χ1) is 8.84. The van der Waals surface area contributed by atoms with Crippen molar-refractivity contribution >= 4 is 22.9 Å². The van der Waals surface area contributed by atoms with E-state index in [1.165, 1.54) is 43.4 Å². The van der Waals surface area contributed by atoms with Crippen molar-refractivity contribution < 1.29 is 4.74 Å². The van der Waals surface area contributed by atoms with E-state index in [4.69, 9.17) is 16.3 Å². The monoisotopic (exact) mass is 287 g/mol. The van der Waals surface area contributed by atoms with E-state index >= 15 is 0 Å². The number of ether oxygens (including phenoxy) is 1. The lowest BCUT2D eigenvalue weighted by Crippen LogP contribution is -2.22. The summed E-state index contributed by atoms with van der Waals surface area (Å²) >= 11 is 7.52. The molecule has 18 heavy (non-hydrogen) atoms. The van der Waals surface area contributed by atoms with Gasteiger partial charge >= 0.3 is 0 Å². The molecule has 0 aliphatic heterocycles. The maximum atomic E-state index is 5.92. The van der Waals surface area contributed by atoms with Gasteiger partial charge in [0.05, 0.1) is 17.0 Å². The van der Waals surface area contributed by atoms with E-state index in [2.05, 4.69) is 11.4 Å². The van der Waals surface area contributed by atoms with Crippen LogP contribution in [0.1, 0.15) is 43.4 Å². The summed E-state index contributed by atoms with van der Waals surface area (Å²) in [5.74, 6) is 0. The Bertz CT molecular complexity index is 334. The molecule has 4 heteroatoms. The van der Waals surface area contributed by atoms with E-state index < -0.39 is 0 Å². The van der Waals surface area contributed by atoms with Crippen molar-refractivity contribution in [2.24, 2.45) is 0 Å². The highest BCUT2D eigenvalue weighted by Gasteiger charge is 2.11. The number of hydrogen-bond acceptors (Lipinski definition) is 3. The van der Waals surface area contributed by atoms with Gasteiger partial charge in [0.15, 0.2) is 0 Å². The molecule has 0 spiro atoms. The molecule has 0 atom stereocenters. The molecule has 0 aromatic carbocycles. The van der Waals surface area contributed by atoms with Crippen molar-refractivity contribution in [2.45, 2.75) is 51.2 Å². The molecule has 1 aliphatic rings. The molecule has 102 valence electrons. The number of thiophene rings is 1. The highest BCUT2D eigenvalue weighted by atomic mass is 35.5. The van der Waals surface area contributed by atoms with Gasteiger partial charge in [0.2, 0.25) is 0 Å². The largest absolute Gasteiger partial charge is 0.377 e. The number of nitrogens with one attached hydrogen (secondary N) is 1. The van der Waals surface area contributed by atoms with Crippen LogP contribution in [0.4, 0.5) is 0 Å². The van der Waals surface area contributed by atoms with Crippen LogP contribution in [-0.4, -0.2) is 19.3 Å². The van der Waals surface area contributed by atoms with Gasteiger partial charge in [-0.2, -0.15) is 0 Å². The summed E-state index contributed by atoms with van der Waals surface area (Å²) in [6, 6.07) is 4.03. The minimum absolute atomic E-state index is 0.505. The fraction of sp³-hybridized carbons (Fsp3) is 0.714. The van der Waals surface area contributed by atoms with Gasteiger partial charge in [-0.1, -0.05) is 37.3 Å². The molecule has 1 saturated carbocycles. The molecule has 2 nitrogen and oxygen atoms in total. The first kappa shape index (κ1) is 14.3. The molecule has 1 N–H and O–H groups in total. The third kappa shape index (κ3) is 5.27. The van der Waals surface area contributed by atoms with Crippen LogP contribution < -0.4 is 5.32 Å². The molecule has 0 unspecified atom stereocenters. The summed E-state index contributed by atoms with van der Waals surface area (Å²) in [5.41, 5.74) is 0. The Kier molecular flexibility index (Phi) is 6.49. The number of hydrogen-bond donors (Lipinski definition) is 1. The molecule has 0 radical (unpaired) electrons. The Morgan fingerprint density at radius 2 is 2.00 bits per heavy atom. The van der Waals surface area contributed by atoms with Crippen molar-refractivity contribution in [1.82, 2.24) is 5.32 Å². The van der Waals surface area contributed by atoms with Crippen LogP contribution in [0.2, 0.25) is 4.34 Å². The maximum Gasteiger partial charge on any atom is 0.0931 e. The molecular weight excluding hydrogens is 266 g/mol. The molecule has 0 saturated heterocycles. The van der Waals surface area contributed by atoms with E-state index in [0.717, 1.165) is 24.0 Å². The third-order valence-corrected chi connectivity index (χ3v) is 4.59. The summed E-state index contributed by atoms with van der Waals surface area (Å²) in [5, 5.41) is 3.40. The molecule has 0 amide bonds. The lowest BCUT2D eigenvalue weighted by atomic mass is 10.1. The highest BCUT2D eigenvalue weighted by Crippen LogP contribution is 2.21. The predicted molar refractivity (Wildman–Crippen MR) is 78.5 cm³/mol. The van der Waals surface area contributed by atoms with Crippen LogP contribution in [0.15, 0.2) is 12.1 Å². The van der Waals surface area contributed by atoms with Gasteiger partial charge in [-0.15, -0.1) is 11.3 Å². The molecule has 1 fully saturated rings. The Labute approximate surface area is 119 Å². The van der Waals surface area contributed by atoms with E-state index in [1.54, 1.807) is 11.3 Å². The normalized spacial score (nSPS) is 17.8. The van der Waals surface area contributed by atoms with Crippen molar-refractivity contribution in [3.63, 3.8) is 0 Å². The Morgan fingerprint density at radius 3 is 2.67 bits per heavy atom. The summed E-state index contributed by atoms with van der Waals surface area (Å²) in [7, 11) is 0. The quantitative estimate of drug-likeness (QED) is 0.624. The minimum Gasteiger partial charge on any atom is -0.377 e. The number of halogens is 1. The van der Waals surface area contributed by atoms with E-state index in [9.17, 15) is 0 Å². The number of rotatable bonds is 6. The van der Waals surface area contributed by atoms with Gasteiger partial charge in [0, 0.05) is 18.0 Å². The van der Waals surface area contributed by atoms with Gasteiger partial charge in [-0.3, -0.25) is 0 Å². The zero-order valence-electron chi connectivity index (χ0n) is 10.8. The van der Waals surface area contributed by atoms with Crippen LogP contribution in [0.3, 0.4) is 0 Å². The van der Waals surface area contributed by atoms with Crippen molar-refractivity contribution in [2.75, 3.05) is 13.2 Å². The van der Waals surface area contributed by atoms with Gasteiger partial charge < -0.3 is 10.1 Å². The van der Waals surface area contributed by atoms with Crippen LogP contribution in [0.25, 0.3) is 0 Å². The first-order valence-corrected chi connectivity index (χ1v) is 8.10. The average Bonchev–Trinajstić information content (AvgIpc) is 2.64.